The average Bonchev–Trinajstić information content (AvgIpc) is 4.19. The van der Waals surface area contributed by atoms with Crippen LogP contribution in [-0.4, -0.2) is 31.2 Å². The van der Waals surface area contributed by atoms with Gasteiger partial charge < -0.3 is 14.5 Å². The van der Waals surface area contributed by atoms with Crippen LogP contribution in [0.1, 0.15) is 79.0 Å². The number of nitrogens with zero attached hydrogens (tertiary/aromatic N) is 7. The smallest absolute Gasteiger partial charge is 0.167 e. The topological polar surface area (TPSA) is 72.2 Å². The Hall–Kier alpha value is -9.14. The fraction of sp³-hybridized carbons (Fsp3) is 0.183. The molecular weight excluding hydrogens is 967 g/mol. The van der Waals surface area contributed by atoms with E-state index in [1.165, 1.54) is 38.9 Å². The number of fused-ring (bicyclic) bond motifs is 3. The molecule has 8 aromatic carbocycles. The van der Waals surface area contributed by atoms with E-state index in [9.17, 15) is 0 Å². The Morgan fingerprint density at radius 1 is 0.405 bits per heavy atom. The Bertz CT molecular complexity index is 3920. The molecule has 79 heavy (non-hydrogen) atoms. The molecule has 0 saturated heterocycles. The van der Waals surface area contributed by atoms with Crippen molar-refractivity contribution in [1.82, 2.24) is 24.5 Å². The molecule has 0 saturated carbocycles. The second-order valence-corrected chi connectivity index (χ2v) is 23.7. The van der Waals surface area contributed by atoms with Gasteiger partial charge in [-0.2, -0.15) is 0 Å². The number of aromatic nitrogens is 5. The molecule has 0 bridgehead atoms. The van der Waals surface area contributed by atoms with Gasteiger partial charge in [0.05, 0.1) is 29.0 Å². The SMILES string of the molecule is CC(C)(C)c1ccc(-c2cccc(-c3ccc(C(C)(C)C)cc3)c2N2C=CN(c3cccc(Oc4cc5c(cc4-c4nc(-c6ccccc6)nc(-c6ccccc6)n4)c4cc(C(C)(C)C)ccc4n5-c4ccccn4)c3)C2)cc1. The number of para-hydroxylation sites is 1. The van der Waals surface area contributed by atoms with Crippen LogP contribution in [-0.2, 0) is 16.2 Å². The Kier molecular flexibility index (Phi) is 12.8. The summed E-state index contributed by atoms with van der Waals surface area (Å²) in [6.07, 6.45) is 6.21. The largest absolute Gasteiger partial charge is 0.456 e. The first-order chi connectivity index (χ1) is 38.0. The van der Waals surface area contributed by atoms with Crippen LogP contribution < -0.4 is 14.5 Å². The number of hydrogen-bond acceptors (Lipinski definition) is 7. The van der Waals surface area contributed by atoms with E-state index in [0.717, 1.165) is 55.7 Å². The lowest BCUT2D eigenvalue weighted by molar-refractivity contribution is 0.484. The first kappa shape index (κ1) is 50.7. The Morgan fingerprint density at radius 2 is 0.937 bits per heavy atom. The van der Waals surface area contributed by atoms with Crippen LogP contribution in [0.5, 0.6) is 11.5 Å². The van der Waals surface area contributed by atoms with Gasteiger partial charge >= 0.3 is 0 Å². The highest BCUT2D eigenvalue weighted by atomic mass is 16.5. The van der Waals surface area contributed by atoms with E-state index in [4.69, 9.17) is 24.7 Å². The van der Waals surface area contributed by atoms with Crippen LogP contribution in [0.3, 0.4) is 0 Å². The molecule has 0 N–H and O–H groups in total. The van der Waals surface area contributed by atoms with Crippen molar-refractivity contribution in [2.75, 3.05) is 16.5 Å². The molecule has 0 radical (unpaired) electrons. The van der Waals surface area contributed by atoms with E-state index in [0.29, 0.717) is 35.6 Å². The summed E-state index contributed by atoms with van der Waals surface area (Å²) in [4.78, 5) is 25.2. The highest BCUT2D eigenvalue weighted by Gasteiger charge is 2.27. The lowest BCUT2D eigenvalue weighted by Gasteiger charge is -2.27. The summed E-state index contributed by atoms with van der Waals surface area (Å²) in [5.74, 6) is 3.71. The first-order valence-corrected chi connectivity index (χ1v) is 27.3. The zero-order valence-electron chi connectivity index (χ0n) is 46.5. The third-order valence-electron chi connectivity index (χ3n) is 15.1. The maximum Gasteiger partial charge on any atom is 0.167 e. The van der Waals surface area contributed by atoms with E-state index in [-0.39, 0.29) is 16.2 Å². The van der Waals surface area contributed by atoms with Crippen LogP contribution in [0.15, 0.2) is 219 Å². The quantitative estimate of drug-likeness (QED) is 0.135. The lowest BCUT2D eigenvalue weighted by atomic mass is 9.85. The predicted octanol–water partition coefficient (Wildman–Crippen LogP) is 18.1. The second kappa shape index (κ2) is 20.0. The molecule has 8 nitrogen and oxygen atoms in total. The number of benzene rings is 8. The van der Waals surface area contributed by atoms with E-state index >= 15 is 0 Å². The molecule has 390 valence electrons. The van der Waals surface area contributed by atoms with E-state index in [1.807, 2.05) is 85.1 Å². The third-order valence-corrected chi connectivity index (χ3v) is 15.1. The summed E-state index contributed by atoms with van der Waals surface area (Å²) in [5, 5.41) is 2.13. The zero-order chi connectivity index (χ0) is 54.6. The van der Waals surface area contributed by atoms with Crippen molar-refractivity contribution in [3.8, 4) is 73.7 Å². The van der Waals surface area contributed by atoms with Crippen molar-refractivity contribution in [2.45, 2.75) is 78.6 Å². The molecular formula is C71H65N7O. The van der Waals surface area contributed by atoms with Gasteiger partial charge in [-0.15, -0.1) is 0 Å². The number of pyridine rings is 1. The van der Waals surface area contributed by atoms with Gasteiger partial charge in [0.2, 0.25) is 0 Å². The van der Waals surface area contributed by atoms with Gasteiger partial charge in [-0.05, 0) is 86.5 Å². The van der Waals surface area contributed by atoms with Crippen LogP contribution in [0, 0.1) is 0 Å². The van der Waals surface area contributed by atoms with Crippen molar-refractivity contribution in [2.24, 2.45) is 0 Å². The summed E-state index contributed by atoms with van der Waals surface area (Å²) in [7, 11) is 0. The van der Waals surface area contributed by atoms with Crippen molar-refractivity contribution >= 4 is 33.2 Å². The van der Waals surface area contributed by atoms with Gasteiger partial charge in [-0.1, -0.05) is 208 Å². The molecule has 0 amide bonds. The third kappa shape index (κ3) is 10.1. The van der Waals surface area contributed by atoms with Crippen molar-refractivity contribution < 1.29 is 4.74 Å². The number of hydrogen-bond donors (Lipinski definition) is 0. The molecule has 3 aromatic heterocycles. The fourth-order valence-corrected chi connectivity index (χ4v) is 10.6. The highest BCUT2D eigenvalue weighted by Crippen LogP contribution is 2.45. The summed E-state index contributed by atoms with van der Waals surface area (Å²) < 4.78 is 9.49. The summed E-state index contributed by atoms with van der Waals surface area (Å²) in [6.45, 7) is 20.9. The van der Waals surface area contributed by atoms with Gasteiger partial charge in [0.1, 0.15) is 17.3 Å². The van der Waals surface area contributed by atoms with E-state index in [2.05, 4.69) is 210 Å². The predicted molar refractivity (Wildman–Crippen MR) is 327 cm³/mol. The Balaban J connectivity index is 0.980. The average molecular weight is 1030 g/mol. The number of rotatable bonds is 10. The van der Waals surface area contributed by atoms with Crippen LogP contribution in [0.2, 0.25) is 0 Å². The molecule has 1 aliphatic rings. The maximum atomic E-state index is 7.26. The maximum absolute atomic E-state index is 7.26. The van der Waals surface area contributed by atoms with E-state index in [1.54, 1.807) is 0 Å². The summed E-state index contributed by atoms with van der Waals surface area (Å²) in [5.41, 5.74) is 15.2. The van der Waals surface area contributed by atoms with Gasteiger partial charge in [-0.25, -0.2) is 19.9 Å². The summed E-state index contributed by atoms with van der Waals surface area (Å²) >= 11 is 0. The normalized spacial score (nSPS) is 13.0. The zero-order valence-corrected chi connectivity index (χ0v) is 46.5. The van der Waals surface area contributed by atoms with Crippen LogP contribution in [0.25, 0.3) is 84.0 Å². The number of anilines is 2. The molecule has 0 atom stereocenters. The summed E-state index contributed by atoms with van der Waals surface area (Å²) in [6, 6.07) is 70.6. The second-order valence-electron chi connectivity index (χ2n) is 23.7. The fourth-order valence-electron chi connectivity index (χ4n) is 10.6. The molecule has 0 unspecified atom stereocenters. The van der Waals surface area contributed by atoms with Crippen molar-refractivity contribution in [3.63, 3.8) is 0 Å². The van der Waals surface area contributed by atoms with Gasteiger partial charge in [0.15, 0.2) is 17.5 Å². The van der Waals surface area contributed by atoms with Crippen molar-refractivity contribution in [3.05, 3.63) is 235 Å². The minimum absolute atomic E-state index is 0.0451. The minimum Gasteiger partial charge on any atom is -0.456 e. The molecule has 11 aromatic rings. The van der Waals surface area contributed by atoms with Gasteiger partial charge in [0, 0.05) is 69.4 Å². The molecule has 8 heteroatoms. The molecule has 1 aliphatic heterocycles. The molecule has 12 rings (SSSR count). The van der Waals surface area contributed by atoms with Crippen molar-refractivity contribution in [1.29, 1.82) is 0 Å². The van der Waals surface area contributed by atoms with Crippen LogP contribution >= 0.6 is 0 Å². The highest BCUT2D eigenvalue weighted by molar-refractivity contribution is 6.11. The minimum atomic E-state index is -0.0855. The van der Waals surface area contributed by atoms with Gasteiger partial charge in [0.25, 0.3) is 0 Å². The Morgan fingerprint density at radius 3 is 1.51 bits per heavy atom. The molecule has 0 spiro atoms. The standard InChI is InChI=1S/C71H65N7O/c1-69(2,3)51-33-29-47(30-34-51)56-26-19-27-57(48-31-35-52(36-32-48)70(4,5)6)65(56)77-41-40-76(46-77)54-24-18-25-55(43-54)79-63-45-62-59(58-42-53(71(7,8)9)37-38-61(58)78(62)64-28-16-17-39-72-64)44-60(63)68-74-66(49-20-12-10-13-21-49)73-67(75-68)50-22-14-11-15-23-50/h10-45H,46H2,1-9H3. The molecule has 0 aliphatic carbocycles. The molecule has 4 heterocycles. The van der Waals surface area contributed by atoms with Crippen LogP contribution in [0.4, 0.5) is 11.4 Å². The monoisotopic (exact) mass is 1030 g/mol. The molecule has 0 fully saturated rings. The first-order valence-electron chi connectivity index (χ1n) is 27.3. The van der Waals surface area contributed by atoms with E-state index < -0.39 is 0 Å². The lowest BCUT2D eigenvalue weighted by Crippen LogP contribution is -2.25. The van der Waals surface area contributed by atoms with Gasteiger partial charge in [-0.3, -0.25) is 4.57 Å². The Labute approximate surface area is 464 Å². The number of ether oxygens (including phenoxy) is 1.